The Balaban J connectivity index is 2.24. The maximum absolute atomic E-state index is 9.78. The Labute approximate surface area is 120 Å². The van der Waals surface area contributed by atoms with Crippen LogP contribution in [0.4, 0.5) is 5.69 Å². The van der Waals surface area contributed by atoms with Crippen molar-refractivity contribution in [2.75, 3.05) is 24.6 Å². The first-order valence-electron chi connectivity index (χ1n) is 6.95. The normalized spacial score (nSPS) is 13.8. The van der Waals surface area contributed by atoms with Crippen LogP contribution in [-0.4, -0.2) is 24.8 Å². The molecule has 20 heavy (non-hydrogen) atoms. The standard InChI is InChI=1S/C17H22N2O/c1-2-19(16-11-7-4-8-12-16)13-17(18,14-20)15-9-5-3-6-10-15/h3-12,20H,2,13-14,18H2,1H3. The van der Waals surface area contributed by atoms with Crippen LogP contribution in [0.2, 0.25) is 0 Å². The molecule has 3 nitrogen and oxygen atoms in total. The molecule has 0 saturated heterocycles. The van der Waals surface area contributed by atoms with Crippen LogP contribution in [0, 0.1) is 0 Å². The number of rotatable bonds is 6. The Hall–Kier alpha value is -1.84. The number of anilines is 1. The number of aliphatic hydroxyl groups is 1. The molecule has 0 saturated carbocycles. The van der Waals surface area contributed by atoms with E-state index in [1.54, 1.807) is 0 Å². The number of nitrogens with two attached hydrogens (primary N) is 1. The fourth-order valence-electron chi connectivity index (χ4n) is 2.37. The highest BCUT2D eigenvalue weighted by molar-refractivity contribution is 5.47. The van der Waals surface area contributed by atoms with Crippen LogP contribution in [0.25, 0.3) is 0 Å². The first kappa shape index (κ1) is 14.6. The molecule has 0 spiro atoms. The van der Waals surface area contributed by atoms with Crippen molar-refractivity contribution in [2.45, 2.75) is 12.5 Å². The molecule has 3 N–H and O–H groups in total. The number of hydrogen-bond donors (Lipinski definition) is 2. The highest BCUT2D eigenvalue weighted by atomic mass is 16.3. The summed E-state index contributed by atoms with van der Waals surface area (Å²) in [6, 6.07) is 19.9. The Bertz CT molecular complexity index is 515. The second-order valence-corrected chi connectivity index (χ2v) is 5.03. The van der Waals surface area contributed by atoms with Crippen molar-refractivity contribution in [3.05, 3.63) is 66.2 Å². The van der Waals surface area contributed by atoms with E-state index in [9.17, 15) is 5.11 Å². The average Bonchev–Trinajstić information content (AvgIpc) is 2.54. The van der Waals surface area contributed by atoms with E-state index in [1.807, 2.05) is 48.5 Å². The van der Waals surface area contributed by atoms with Gasteiger partial charge in [-0.15, -0.1) is 0 Å². The Morgan fingerprint density at radius 3 is 2.05 bits per heavy atom. The van der Waals surface area contributed by atoms with E-state index in [4.69, 9.17) is 5.73 Å². The summed E-state index contributed by atoms with van der Waals surface area (Å²) in [5.74, 6) is 0. The van der Waals surface area contributed by atoms with Gasteiger partial charge in [-0.25, -0.2) is 0 Å². The van der Waals surface area contributed by atoms with Crippen molar-refractivity contribution >= 4 is 5.69 Å². The third-order valence-corrected chi connectivity index (χ3v) is 3.61. The number of hydrogen-bond acceptors (Lipinski definition) is 3. The van der Waals surface area contributed by atoms with Gasteiger partial charge in [0.05, 0.1) is 12.1 Å². The molecule has 0 bridgehead atoms. The maximum atomic E-state index is 9.78. The lowest BCUT2D eigenvalue weighted by Gasteiger charge is -2.35. The van der Waals surface area contributed by atoms with Gasteiger partial charge in [0, 0.05) is 18.8 Å². The second-order valence-electron chi connectivity index (χ2n) is 5.03. The lowest BCUT2D eigenvalue weighted by atomic mass is 9.91. The van der Waals surface area contributed by atoms with Gasteiger partial charge in [-0.3, -0.25) is 0 Å². The number of likely N-dealkylation sites (N-methyl/N-ethyl adjacent to an activating group) is 1. The summed E-state index contributed by atoms with van der Waals surface area (Å²) in [6.07, 6.45) is 0. The van der Waals surface area contributed by atoms with Gasteiger partial charge in [0.15, 0.2) is 0 Å². The van der Waals surface area contributed by atoms with E-state index < -0.39 is 5.54 Å². The number of nitrogens with zero attached hydrogens (tertiary/aromatic N) is 1. The third-order valence-electron chi connectivity index (χ3n) is 3.61. The lowest BCUT2D eigenvalue weighted by molar-refractivity contribution is 0.199. The van der Waals surface area contributed by atoms with Crippen molar-refractivity contribution < 1.29 is 5.11 Å². The van der Waals surface area contributed by atoms with Gasteiger partial charge in [0.1, 0.15) is 0 Å². The predicted octanol–water partition coefficient (Wildman–Crippen LogP) is 2.36. The highest BCUT2D eigenvalue weighted by Gasteiger charge is 2.28. The fraction of sp³-hybridized carbons (Fsp3) is 0.294. The van der Waals surface area contributed by atoms with E-state index >= 15 is 0 Å². The molecular formula is C17H22N2O. The molecule has 2 aromatic carbocycles. The van der Waals surface area contributed by atoms with Gasteiger partial charge in [-0.2, -0.15) is 0 Å². The zero-order valence-electron chi connectivity index (χ0n) is 11.9. The first-order chi connectivity index (χ1) is 9.69. The SMILES string of the molecule is CCN(CC(N)(CO)c1ccccc1)c1ccccc1. The molecule has 0 aliphatic carbocycles. The summed E-state index contributed by atoms with van der Waals surface area (Å²) in [7, 11) is 0. The van der Waals surface area contributed by atoms with Crippen molar-refractivity contribution in [1.82, 2.24) is 0 Å². The highest BCUT2D eigenvalue weighted by Crippen LogP contribution is 2.22. The molecule has 0 heterocycles. The smallest absolute Gasteiger partial charge is 0.0821 e. The predicted molar refractivity (Wildman–Crippen MR) is 83.7 cm³/mol. The zero-order valence-corrected chi connectivity index (χ0v) is 11.9. The van der Waals surface area contributed by atoms with Gasteiger partial charge < -0.3 is 15.7 Å². The van der Waals surface area contributed by atoms with Gasteiger partial charge in [-0.05, 0) is 24.6 Å². The van der Waals surface area contributed by atoms with Gasteiger partial charge in [0.25, 0.3) is 0 Å². The van der Waals surface area contributed by atoms with Gasteiger partial charge in [-0.1, -0.05) is 48.5 Å². The largest absolute Gasteiger partial charge is 0.394 e. The molecule has 0 radical (unpaired) electrons. The summed E-state index contributed by atoms with van der Waals surface area (Å²) in [6.45, 7) is 3.43. The first-order valence-corrected chi connectivity index (χ1v) is 6.95. The van der Waals surface area contributed by atoms with Crippen molar-refractivity contribution in [3.63, 3.8) is 0 Å². The fourth-order valence-corrected chi connectivity index (χ4v) is 2.37. The number of aliphatic hydroxyl groups excluding tert-OH is 1. The van der Waals surface area contributed by atoms with E-state index in [0.29, 0.717) is 6.54 Å². The molecule has 2 rings (SSSR count). The van der Waals surface area contributed by atoms with Crippen molar-refractivity contribution in [2.24, 2.45) is 5.73 Å². The topological polar surface area (TPSA) is 49.5 Å². The van der Waals surface area contributed by atoms with E-state index in [1.165, 1.54) is 0 Å². The molecule has 1 unspecified atom stereocenters. The monoisotopic (exact) mass is 270 g/mol. The zero-order chi connectivity index (χ0) is 14.4. The molecule has 0 aromatic heterocycles. The molecule has 0 fully saturated rings. The Kier molecular flexibility index (Phi) is 4.77. The van der Waals surface area contributed by atoms with Crippen LogP contribution in [0.15, 0.2) is 60.7 Å². The van der Waals surface area contributed by atoms with E-state index in [2.05, 4.69) is 24.0 Å². The summed E-state index contributed by atoms with van der Waals surface area (Å²) in [4.78, 5) is 2.18. The average molecular weight is 270 g/mol. The van der Waals surface area contributed by atoms with Crippen LogP contribution in [0.1, 0.15) is 12.5 Å². The molecule has 0 aliphatic heterocycles. The minimum atomic E-state index is -0.757. The summed E-state index contributed by atoms with van der Waals surface area (Å²) >= 11 is 0. The quantitative estimate of drug-likeness (QED) is 0.847. The maximum Gasteiger partial charge on any atom is 0.0821 e. The second kappa shape index (κ2) is 6.55. The summed E-state index contributed by atoms with van der Waals surface area (Å²) < 4.78 is 0. The molecule has 2 aromatic rings. The lowest BCUT2D eigenvalue weighted by Crippen LogP contribution is -2.50. The van der Waals surface area contributed by atoms with Crippen LogP contribution < -0.4 is 10.6 Å². The number of benzene rings is 2. The van der Waals surface area contributed by atoms with Gasteiger partial charge >= 0.3 is 0 Å². The molecule has 106 valence electrons. The van der Waals surface area contributed by atoms with E-state index in [-0.39, 0.29) is 6.61 Å². The number of para-hydroxylation sites is 1. The Morgan fingerprint density at radius 2 is 1.55 bits per heavy atom. The molecule has 3 heteroatoms. The molecule has 0 aliphatic rings. The summed E-state index contributed by atoms with van der Waals surface area (Å²) in [5, 5.41) is 9.78. The molecular weight excluding hydrogens is 248 g/mol. The van der Waals surface area contributed by atoms with Crippen LogP contribution in [0.5, 0.6) is 0 Å². The Morgan fingerprint density at radius 1 is 1.00 bits per heavy atom. The van der Waals surface area contributed by atoms with Crippen LogP contribution in [0.3, 0.4) is 0 Å². The van der Waals surface area contributed by atoms with Gasteiger partial charge in [0.2, 0.25) is 0 Å². The molecule has 0 amide bonds. The van der Waals surface area contributed by atoms with Crippen molar-refractivity contribution in [3.8, 4) is 0 Å². The van der Waals surface area contributed by atoms with E-state index in [0.717, 1.165) is 17.8 Å². The minimum absolute atomic E-state index is 0.0830. The molecule has 1 atom stereocenters. The van der Waals surface area contributed by atoms with Crippen LogP contribution in [-0.2, 0) is 5.54 Å². The minimum Gasteiger partial charge on any atom is -0.394 e. The van der Waals surface area contributed by atoms with Crippen molar-refractivity contribution in [1.29, 1.82) is 0 Å². The summed E-state index contributed by atoms with van der Waals surface area (Å²) in [5.41, 5.74) is 7.76. The van der Waals surface area contributed by atoms with Crippen LogP contribution >= 0.6 is 0 Å². The third kappa shape index (κ3) is 3.18.